The van der Waals surface area contributed by atoms with Gasteiger partial charge in [-0.2, -0.15) is 12.6 Å². The van der Waals surface area contributed by atoms with Crippen LogP contribution in [-0.4, -0.2) is 35.1 Å². The van der Waals surface area contributed by atoms with E-state index in [-0.39, 0.29) is 0 Å². The summed E-state index contributed by atoms with van der Waals surface area (Å²) in [5.74, 6) is 0. The number of hydrogen-bond donors (Lipinski definition) is 2. The summed E-state index contributed by atoms with van der Waals surface area (Å²) in [5.41, 5.74) is -0.469. The number of nitrogens with zero attached hydrogens (tertiary/aromatic N) is 5. The Bertz CT molecular complexity index is 697. The molecular formula is C13H13N5OS. The molecule has 2 atom stereocenters. The van der Waals surface area contributed by atoms with E-state index in [0.29, 0.717) is 11.3 Å². The first-order valence-electron chi connectivity index (χ1n) is 6.10. The first-order valence-corrected chi connectivity index (χ1v) is 6.62. The van der Waals surface area contributed by atoms with Crippen molar-refractivity contribution < 1.29 is 5.11 Å². The van der Waals surface area contributed by atoms with Crippen LogP contribution in [0.5, 0.6) is 0 Å². The van der Waals surface area contributed by atoms with E-state index in [4.69, 9.17) is 0 Å². The van der Waals surface area contributed by atoms with E-state index >= 15 is 0 Å². The zero-order valence-corrected chi connectivity index (χ0v) is 11.6. The molecule has 102 valence electrons. The number of fused-ring (bicyclic) bond motifs is 1. The molecule has 3 rings (SSSR count). The van der Waals surface area contributed by atoms with Crippen molar-refractivity contribution in [3.63, 3.8) is 0 Å². The Hall–Kier alpha value is -1.99. The second-order valence-corrected chi connectivity index (χ2v) is 5.26. The molecular weight excluding hydrogens is 274 g/mol. The van der Waals surface area contributed by atoms with Crippen molar-refractivity contribution in [3.05, 3.63) is 48.8 Å². The van der Waals surface area contributed by atoms with E-state index in [1.165, 1.54) is 11.0 Å². The van der Waals surface area contributed by atoms with Crippen molar-refractivity contribution in [2.45, 2.75) is 17.9 Å². The van der Waals surface area contributed by atoms with Gasteiger partial charge in [-0.05, 0) is 25.1 Å². The van der Waals surface area contributed by atoms with Crippen LogP contribution in [0.2, 0.25) is 0 Å². The van der Waals surface area contributed by atoms with E-state index < -0.39 is 11.0 Å². The maximum Gasteiger partial charge on any atom is 0.212 e. The number of aromatic nitrogens is 5. The summed E-state index contributed by atoms with van der Waals surface area (Å²) in [7, 11) is 0. The highest BCUT2D eigenvalue weighted by atomic mass is 32.1. The molecule has 3 heterocycles. The lowest BCUT2D eigenvalue weighted by atomic mass is 10.1. The largest absolute Gasteiger partial charge is 0.363 e. The lowest BCUT2D eigenvalue weighted by molar-refractivity contribution is -0.00791. The quantitative estimate of drug-likeness (QED) is 0.709. The molecule has 20 heavy (non-hydrogen) atoms. The molecule has 7 heteroatoms. The van der Waals surface area contributed by atoms with Crippen LogP contribution in [0.1, 0.15) is 12.6 Å². The highest BCUT2D eigenvalue weighted by Gasteiger charge is 2.38. The van der Waals surface area contributed by atoms with E-state index in [1.807, 2.05) is 12.1 Å². The summed E-state index contributed by atoms with van der Waals surface area (Å²) in [6, 6.07) is 5.35. The summed E-state index contributed by atoms with van der Waals surface area (Å²) in [6.07, 6.45) is 6.35. The van der Waals surface area contributed by atoms with E-state index in [9.17, 15) is 5.11 Å². The fraction of sp³-hybridized carbons (Fsp3) is 0.231. The van der Waals surface area contributed by atoms with Gasteiger partial charge in [0.15, 0.2) is 5.65 Å². The first kappa shape index (κ1) is 13.0. The van der Waals surface area contributed by atoms with Gasteiger partial charge in [0.05, 0.1) is 10.9 Å². The third-order valence-electron chi connectivity index (χ3n) is 3.17. The average molecular weight is 287 g/mol. The van der Waals surface area contributed by atoms with Gasteiger partial charge in [-0.15, -0.1) is 5.10 Å². The van der Waals surface area contributed by atoms with Crippen molar-refractivity contribution in [3.8, 4) is 0 Å². The molecule has 0 aliphatic carbocycles. The molecule has 6 nitrogen and oxygen atoms in total. The fourth-order valence-electron chi connectivity index (χ4n) is 2.06. The van der Waals surface area contributed by atoms with Crippen LogP contribution in [-0.2, 0) is 5.72 Å². The molecule has 0 bridgehead atoms. The summed E-state index contributed by atoms with van der Waals surface area (Å²) >= 11 is 4.39. The minimum absolute atomic E-state index is 0.424. The van der Waals surface area contributed by atoms with Crippen LogP contribution >= 0.6 is 12.6 Å². The minimum atomic E-state index is -1.47. The number of aliphatic hydroxyl groups is 1. The standard InChI is InChI=1S/C13H13N5OS/c1-9(20)13(19,11-4-6-14-8-16-11)18-7-10-3-2-5-15-12(10)17-18/h2-9,19-20H,1H3. The van der Waals surface area contributed by atoms with Crippen LogP contribution in [0.15, 0.2) is 43.1 Å². The van der Waals surface area contributed by atoms with Crippen molar-refractivity contribution in [1.82, 2.24) is 24.7 Å². The van der Waals surface area contributed by atoms with Gasteiger partial charge < -0.3 is 5.11 Å². The molecule has 0 saturated carbocycles. The predicted octanol–water partition coefficient (Wildman–Crippen LogP) is 1.23. The molecule has 0 fully saturated rings. The third-order valence-corrected chi connectivity index (χ3v) is 3.53. The average Bonchev–Trinajstić information content (AvgIpc) is 2.91. The molecule has 3 aromatic rings. The Morgan fingerprint density at radius 1 is 1.30 bits per heavy atom. The summed E-state index contributed by atoms with van der Waals surface area (Å²) in [6.45, 7) is 1.78. The number of thiol groups is 1. The van der Waals surface area contributed by atoms with E-state index in [0.717, 1.165) is 5.39 Å². The SMILES string of the molecule is CC(S)C(O)(c1ccncn1)n1cc2cccnc2n1. The Labute approximate surface area is 120 Å². The first-order chi connectivity index (χ1) is 9.62. The van der Waals surface area contributed by atoms with Gasteiger partial charge in [0, 0.05) is 24.0 Å². The van der Waals surface area contributed by atoms with Crippen LogP contribution in [0.4, 0.5) is 0 Å². The van der Waals surface area contributed by atoms with Crippen molar-refractivity contribution >= 4 is 23.7 Å². The Morgan fingerprint density at radius 3 is 2.80 bits per heavy atom. The van der Waals surface area contributed by atoms with Crippen LogP contribution < -0.4 is 0 Å². The van der Waals surface area contributed by atoms with Gasteiger partial charge in [-0.1, -0.05) is 0 Å². The molecule has 2 unspecified atom stereocenters. The summed E-state index contributed by atoms with van der Waals surface area (Å²) in [5, 5.41) is 15.8. The zero-order valence-electron chi connectivity index (χ0n) is 10.7. The van der Waals surface area contributed by atoms with Gasteiger partial charge in [-0.3, -0.25) is 0 Å². The van der Waals surface area contributed by atoms with Crippen molar-refractivity contribution in [1.29, 1.82) is 0 Å². The van der Waals surface area contributed by atoms with Gasteiger partial charge in [0.25, 0.3) is 0 Å². The Balaban J connectivity index is 2.20. The highest BCUT2D eigenvalue weighted by Crippen LogP contribution is 2.29. The summed E-state index contributed by atoms with van der Waals surface area (Å²) in [4.78, 5) is 12.2. The van der Waals surface area contributed by atoms with Crippen molar-refractivity contribution in [2.24, 2.45) is 0 Å². The van der Waals surface area contributed by atoms with Crippen LogP contribution in [0, 0.1) is 0 Å². The number of rotatable bonds is 3. The molecule has 1 N–H and O–H groups in total. The van der Waals surface area contributed by atoms with Crippen LogP contribution in [0.25, 0.3) is 11.0 Å². The van der Waals surface area contributed by atoms with Gasteiger partial charge >= 0.3 is 0 Å². The zero-order chi connectivity index (χ0) is 14.2. The van der Waals surface area contributed by atoms with E-state index in [1.54, 1.807) is 31.6 Å². The topological polar surface area (TPSA) is 76.7 Å². The van der Waals surface area contributed by atoms with Gasteiger partial charge in [-0.25, -0.2) is 19.6 Å². The Morgan fingerprint density at radius 2 is 2.15 bits per heavy atom. The number of pyridine rings is 1. The lowest BCUT2D eigenvalue weighted by Gasteiger charge is -2.30. The monoisotopic (exact) mass is 287 g/mol. The van der Waals surface area contributed by atoms with Gasteiger partial charge in [0.2, 0.25) is 5.72 Å². The molecule has 0 saturated heterocycles. The highest BCUT2D eigenvalue weighted by molar-refractivity contribution is 7.81. The molecule has 0 aliphatic rings. The Kier molecular flexibility index (Phi) is 3.15. The molecule has 3 aromatic heterocycles. The molecule has 0 aliphatic heterocycles. The van der Waals surface area contributed by atoms with E-state index in [2.05, 4.69) is 32.7 Å². The van der Waals surface area contributed by atoms with Gasteiger partial charge in [0.1, 0.15) is 6.33 Å². The normalized spacial score (nSPS) is 15.9. The maximum absolute atomic E-state index is 11.0. The number of hydrogen-bond acceptors (Lipinski definition) is 6. The van der Waals surface area contributed by atoms with Crippen LogP contribution in [0.3, 0.4) is 0 Å². The fourth-order valence-corrected chi connectivity index (χ4v) is 2.31. The van der Waals surface area contributed by atoms with Crippen molar-refractivity contribution in [2.75, 3.05) is 0 Å². The predicted molar refractivity (Wildman–Crippen MR) is 77.3 cm³/mol. The minimum Gasteiger partial charge on any atom is -0.363 e. The molecule has 0 spiro atoms. The second kappa shape index (κ2) is 4.84. The third kappa shape index (κ3) is 1.95. The molecule has 0 radical (unpaired) electrons. The second-order valence-electron chi connectivity index (χ2n) is 4.49. The lowest BCUT2D eigenvalue weighted by Crippen LogP contribution is -2.43. The summed E-state index contributed by atoms with van der Waals surface area (Å²) < 4.78 is 1.45. The smallest absolute Gasteiger partial charge is 0.212 e. The maximum atomic E-state index is 11.0. The molecule has 0 aromatic carbocycles. The molecule has 0 amide bonds.